The fraction of sp³-hybridized carbons (Fsp3) is 0.421. The Morgan fingerprint density at radius 3 is 2.84 bits per heavy atom. The number of amides is 2. The molecule has 3 rings (SSSR count). The number of fused-ring (bicyclic) bond motifs is 1. The molecule has 1 aromatic carbocycles. The Balaban J connectivity index is 1.94. The Kier molecular flexibility index (Phi) is 5.16. The zero-order valence-electron chi connectivity index (χ0n) is 14.7. The number of carbonyl (C=O) groups excluding carboxylic acids is 2. The maximum absolute atomic E-state index is 13.1. The summed E-state index contributed by atoms with van der Waals surface area (Å²) in [7, 11) is 1.77. The van der Waals surface area contributed by atoms with Crippen LogP contribution in [0, 0.1) is 0 Å². The van der Waals surface area contributed by atoms with Crippen LogP contribution in [0.5, 0.6) is 5.88 Å². The van der Waals surface area contributed by atoms with Crippen LogP contribution in [0.15, 0.2) is 30.3 Å². The number of para-hydroxylation sites is 1. The summed E-state index contributed by atoms with van der Waals surface area (Å²) in [4.78, 5) is 32.8. The summed E-state index contributed by atoms with van der Waals surface area (Å²) in [6, 6.07) is 9.51. The van der Waals surface area contributed by atoms with Crippen molar-refractivity contribution >= 4 is 22.7 Å². The molecule has 0 N–H and O–H groups in total. The van der Waals surface area contributed by atoms with Gasteiger partial charge in [0.05, 0.1) is 12.1 Å². The first-order chi connectivity index (χ1) is 12.1. The predicted octanol–water partition coefficient (Wildman–Crippen LogP) is 2.33. The molecule has 0 unspecified atom stereocenters. The van der Waals surface area contributed by atoms with Crippen molar-refractivity contribution in [2.24, 2.45) is 0 Å². The van der Waals surface area contributed by atoms with Gasteiger partial charge in [-0.15, -0.1) is 0 Å². The van der Waals surface area contributed by atoms with Gasteiger partial charge in [0.1, 0.15) is 5.56 Å². The average Bonchev–Trinajstić information content (AvgIpc) is 2.80. The van der Waals surface area contributed by atoms with Crippen LogP contribution >= 0.6 is 0 Å². The summed E-state index contributed by atoms with van der Waals surface area (Å²) >= 11 is 0. The average molecular weight is 341 g/mol. The van der Waals surface area contributed by atoms with E-state index in [4.69, 9.17) is 4.74 Å². The summed E-state index contributed by atoms with van der Waals surface area (Å²) in [5.41, 5.74) is 1.26. The highest BCUT2D eigenvalue weighted by Crippen LogP contribution is 2.24. The van der Waals surface area contributed by atoms with E-state index < -0.39 is 0 Å². The Morgan fingerprint density at radius 2 is 2.04 bits per heavy atom. The molecular formula is C19H23N3O3. The van der Waals surface area contributed by atoms with Gasteiger partial charge in [0, 0.05) is 38.5 Å². The quantitative estimate of drug-likeness (QED) is 0.856. The van der Waals surface area contributed by atoms with E-state index >= 15 is 0 Å². The van der Waals surface area contributed by atoms with E-state index in [0.717, 1.165) is 17.3 Å². The Bertz CT molecular complexity index is 791. The first-order valence-corrected chi connectivity index (χ1v) is 8.66. The normalized spacial score (nSPS) is 15.4. The lowest BCUT2D eigenvalue weighted by atomic mass is 10.1. The first-order valence-electron chi connectivity index (χ1n) is 8.66. The van der Waals surface area contributed by atoms with Crippen LogP contribution in [-0.2, 0) is 4.79 Å². The van der Waals surface area contributed by atoms with Crippen molar-refractivity contribution in [1.29, 1.82) is 0 Å². The minimum Gasteiger partial charge on any atom is -0.477 e. The molecule has 1 aliphatic heterocycles. The molecule has 0 saturated carbocycles. The van der Waals surface area contributed by atoms with Crippen molar-refractivity contribution in [2.45, 2.75) is 19.8 Å². The van der Waals surface area contributed by atoms with Crippen molar-refractivity contribution in [1.82, 2.24) is 14.8 Å². The van der Waals surface area contributed by atoms with E-state index in [2.05, 4.69) is 4.98 Å². The minimum absolute atomic E-state index is 0.0643. The Morgan fingerprint density at radius 1 is 1.24 bits per heavy atom. The monoisotopic (exact) mass is 341 g/mol. The van der Waals surface area contributed by atoms with Gasteiger partial charge < -0.3 is 14.5 Å². The van der Waals surface area contributed by atoms with Gasteiger partial charge in [0.25, 0.3) is 5.91 Å². The second kappa shape index (κ2) is 7.51. The molecule has 2 heterocycles. The number of benzene rings is 1. The fourth-order valence-electron chi connectivity index (χ4n) is 2.86. The number of likely N-dealkylation sites (N-methyl/N-ethyl adjacent to an activating group) is 1. The molecule has 0 bridgehead atoms. The highest BCUT2D eigenvalue weighted by atomic mass is 16.5. The van der Waals surface area contributed by atoms with Gasteiger partial charge in [0.15, 0.2) is 0 Å². The molecule has 2 amide bonds. The summed E-state index contributed by atoms with van der Waals surface area (Å²) in [5, 5.41) is 0.901. The molecule has 132 valence electrons. The number of hydrogen-bond donors (Lipinski definition) is 0. The highest BCUT2D eigenvalue weighted by Gasteiger charge is 2.25. The van der Waals surface area contributed by atoms with Crippen LogP contribution in [0.1, 0.15) is 30.1 Å². The van der Waals surface area contributed by atoms with Crippen LogP contribution in [0.2, 0.25) is 0 Å². The number of carbonyl (C=O) groups is 2. The molecule has 6 nitrogen and oxygen atoms in total. The highest BCUT2D eigenvalue weighted by molar-refractivity contribution is 6.00. The summed E-state index contributed by atoms with van der Waals surface area (Å²) in [6.45, 7) is 3.99. The molecule has 0 radical (unpaired) electrons. The number of ether oxygens (including phenoxy) is 1. The van der Waals surface area contributed by atoms with Gasteiger partial charge in [-0.1, -0.05) is 25.1 Å². The number of pyridine rings is 1. The molecule has 1 fully saturated rings. The smallest absolute Gasteiger partial charge is 0.259 e. The van der Waals surface area contributed by atoms with Gasteiger partial charge in [-0.3, -0.25) is 9.59 Å². The van der Waals surface area contributed by atoms with E-state index in [1.165, 1.54) is 0 Å². The summed E-state index contributed by atoms with van der Waals surface area (Å²) < 4.78 is 5.74. The van der Waals surface area contributed by atoms with Crippen LogP contribution in [0.25, 0.3) is 10.9 Å². The minimum atomic E-state index is -0.132. The van der Waals surface area contributed by atoms with E-state index in [-0.39, 0.29) is 11.8 Å². The van der Waals surface area contributed by atoms with Gasteiger partial charge in [-0.25, -0.2) is 4.98 Å². The second-order valence-corrected chi connectivity index (χ2v) is 6.24. The Hall–Kier alpha value is -2.63. The summed E-state index contributed by atoms with van der Waals surface area (Å²) in [6.07, 6.45) is 1.18. The lowest BCUT2D eigenvalue weighted by molar-refractivity contribution is -0.129. The lowest BCUT2D eigenvalue weighted by Gasteiger charge is -2.21. The van der Waals surface area contributed by atoms with E-state index in [1.54, 1.807) is 16.8 Å². The van der Waals surface area contributed by atoms with Gasteiger partial charge in [-0.2, -0.15) is 0 Å². The molecule has 0 spiro atoms. The van der Waals surface area contributed by atoms with Gasteiger partial charge in [0.2, 0.25) is 11.8 Å². The third-order valence-electron chi connectivity index (χ3n) is 4.38. The van der Waals surface area contributed by atoms with Gasteiger partial charge in [-0.05, 0) is 18.6 Å². The van der Waals surface area contributed by atoms with Crippen molar-refractivity contribution < 1.29 is 14.3 Å². The maximum atomic E-state index is 13.1. The second-order valence-electron chi connectivity index (χ2n) is 6.24. The molecule has 25 heavy (non-hydrogen) atoms. The van der Waals surface area contributed by atoms with E-state index in [1.807, 2.05) is 37.3 Å². The number of nitrogens with zero attached hydrogens (tertiary/aromatic N) is 3. The van der Waals surface area contributed by atoms with Crippen LogP contribution in [-0.4, -0.2) is 59.9 Å². The van der Waals surface area contributed by atoms with Crippen molar-refractivity contribution in [2.75, 3.05) is 33.3 Å². The molecule has 1 aliphatic rings. The zero-order chi connectivity index (χ0) is 17.8. The van der Waals surface area contributed by atoms with Crippen molar-refractivity contribution in [3.8, 4) is 5.88 Å². The summed E-state index contributed by atoms with van der Waals surface area (Å²) in [5.74, 6) is 0.302. The lowest BCUT2D eigenvalue weighted by Crippen LogP contribution is -2.35. The predicted molar refractivity (Wildman–Crippen MR) is 95.7 cm³/mol. The molecule has 2 aromatic rings. The topological polar surface area (TPSA) is 62.7 Å². The number of hydrogen-bond acceptors (Lipinski definition) is 4. The van der Waals surface area contributed by atoms with Crippen molar-refractivity contribution in [3.63, 3.8) is 0 Å². The molecule has 1 aromatic heterocycles. The molecule has 6 heteroatoms. The fourth-order valence-corrected chi connectivity index (χ4v) is 2.86. The maximum Gasteiger partial charge on any atom is 0.259 e. The number of rotatable bonds is 4. The molecule has 0 aliphatic carbocycles. The zero-order valence-corrected chi connectivity index (χ0v) is 14.7. The standard InChI is InChI=1S/C19H23N3O3/c1-3-12-25-18-15(13-14-6-4-5-7-16(14)20-18)19(24)22-9-8-17(23)21(2)10-11-22/h4-7,13H,3,8-12H2,1-2H3. The van der Waals surface area contributed by atoms with Crippen LogP contribution < -0.4 is 4.74 Å². The molecule has 0 atom stereocenters. The van der Waals surface area contributed by atoms with Crippen molar-refractivity contribution in [3.05, 3.63) is 35.9 Å². The largest absolute Gasteiger partial charge is 0.477 e. The van der Waals surface area contributed by atoms with Gasteiger partial charge >= 0.3 is 0 Å². The first kappa shape index (κ1) is 17.2. The van der Waals surface area contributed by atoms with Crippen LogP contribution in [0.3, 0.4) is 0 Å². The molecule has 1 saturated heterocycles. The molecular weight excluding hydrogens is 318 g/mol. The third-order valence-corrected chi connectivity index (χ3v) is 4.38. The Labute approximate surface area is 147 Å². The third kappa shape index (κ3) is 3.73. The van der Waals surface area contributed by atoms with Crippen LogP contribution in [0.4, 0.5) is 0 Å². The SMILES string of the molecule is CCCOc1nc2ccccc2cc1C(=O)N1CCC(=O)N(C)CC1. The van der Waals surface area contributed by atoms with E-state index in [9.17, 15) is 9.59 Å². The van der Waals surface area contributed by atoms with E-state index in [0.29, 0.717) is 44.1 Å². The number of aromatic nitrogens is 1.